The van der Waals surface area contributed by atoms with Crippen molar-refractivity contribution in [3.63, 3.8) is 0 Å². The molecule has 3 heteroatoms. The molecule has 0 aromatic carbocycles. The number of hydrogen-bond acceptors (Lipinski definition) is 2. The summed E-state index contributed by atoms with van der Waals surface area (Å²) in [6.07, 6.45) is 1.01. The van der Waals surface area contributed by atoms with Crippen molar-refractivity contribution in [2.75, 3.05) is 33.4 Å². The van der Waals surface area contributed by atoms with Crippen molar-refractivity contribution in [1.29, 1.82) is 0 Å². The fourth-order valence-electron chi connectivity index (χ4n) is 2.45. The van der Waals surface area contributed by atoms with Crippen LogP contribution in [0.5, 0.6) is 0 Å². The van der Waals surface area contributed by atoms with Gasteiger partial charge in [-0.2, -0.15) is 0 Å². The maximum Gasteiger partial charge on any atom is 0.0978 e. The fourth-order valence-corrected chi connectivity index (χ4v) is 2.45. The summed E-state index contributed by atoms with van der Waals surface area (Å²) in [5, 5.41) is 3.36. The van der Waals surface area contributed by atoms with Crippen LogP contribution in [0.2, 0.25) is 0 Å². The molecule has 64 valence electrons. The van der Waals surface area contributed by atoms with Crippen LogP contribution in [0.4, 0.5) is 4.39 Å². The normalized spacial score (nSPS) is 44.7. The third kappa shape index (κ3) is 0.983. The Morgan fingerprint density at radius 1 is 1.73 bits per heavy atom. The number of hydrogen-bond donors (Lipinski definition) is 1. The summed E-state index contributed by atoms with van der Waals surface area (Å²) in [6, 6.07) is 0.414. The van der Waals surface area contributed by atoms with Crippen LogP contribution in [0.25, 0.3) is 0 Å². The number of nitrogens with zero attached hydrogens (tertiary/aromatic N) is 1. The number of halogens is 1. The average Bonchev–Trinajstić information content (AvgIpc) is 2.43. The zero-order valence-corrected chi connectivity index (χ0v) is 6.94. The molecule has 0 bridgehead atoms. The van der Waals surface area contributed by atoms with E-state index in [0.29, 0.717) is 6.04 Å². The number of alkyl halides is 1. The van der Waals surface area contributed by atoms with E-state index in [1.807, 2.05) is 0 Å². The van der Waals surface area contributed by atoms with E-state index in [1.54, 1.807) is 0 Å². The average molecular weight is 158 g/mol. The van der Waals surface area contributed by atoms with E-state index in [-0.39, 0.29) is 12.1 Å². The highest BCUT2D eigenvalue weighted by molar-refractivity contribution is 5.04. The van der Waals surface area contributed by atoms with Gasteiger partial charge in [0.1, 0.15) is 0 Å². The minimum Gasteiger partial charge on any atom is -0.312 e. The molecule has 2 heterocycles. The highest BCUT2D eigenvalue weighted by Gasteiger charge is 2.48. The molecular formula is C8H15FN2. The quantitative estimate of drug-likeness (QED) is 0.588. The van der Waals surface area contributed by atoms with E-state index < -0.39 is 0 Å². The molecule has 2 atom stereocenters. The Bertz CT molecular complexity index is 162. The van der Waals surface area contributed by atoms with E-state index in [0.717, 1.165) is 26.1 Å². The van der Waals surface area contributed by atoms with Gasteiger partial charge in [0.05, 0.1) is 6.67 Å². The zero-order chi connectivity index (χ0) is 7.90. The minimum absolute atomic E-state index is 0.0330. The monoisotopic (exact) mass is 158 g/mol. The Balaban J connectivity index is 2.15. The first-order valence-corrected chi connectivity index (χ1v) is 4.25. The third-order valence-electron chi connectivity index (χ3n) is 3.10. The molecule has 2 fully saturated rings. The van der Waals surface area contributed by atoms with Crippen molar-refractivity contribution >= 4 is 0 Å². The lowest BCUT2D eigenvalue weighted by atomic mass is 9.85. The van der Waals surface area contributed by atoms with Crippen LogP contribution in [0.3, 0.4) is 0 Å². The molecule has 0 saturated carbocycles. The summed E-state index contributed by atoms with van der Waals surface area (Å²) in [7, 11) is 2.07. The molecule has 2 unspecified atom stereocenters. The van der Waals surface area contributed by atoms with Gasteiger partial charge in [-0.05, 0) is 20.0 Å². The molecule has 0 aromatic rings. The fraction of sp³-hybridized carbons (Fsp3) is 1.00. The van der Waals surface area contributed by atoms with Gasteiger partial charge < -0.3 is 10.2 Å². The molecule has 2 aliphatic heterocycles. The number of nitrogens with one attached hydrogen (secondary N) is 1. The zero-order valence-electron chi connectivity index (χ0n) is 6.94. The van der Waals surface area contributed by atoms with Gasteiger partial charge in [0.15, 0.2) is 0 Å². The Labute approximate surface area is 66.8 Å². The molecule has 2 rings (SSSR count). The largest absolute Gasteiger partial charge is 0.312 e. The maximum atomic E-state index is 12.8. The molecule has 2 nitrogen and oxygen atoms in total. The highest BCUT2D eigenvalue weighted by atomic mass is 19.1. The molecule has 2 aliphatic rings. The Hall–Kier alpha value is -0.150. The van der Waals surface area contributed by atoms with E-state index in [1.165, 1.54) is 0 Å². The van der Waals surface area contributed by atoms with E-state index in [4.69, 9.17) is 0 Å². The second-order valence-electron chi connectivity index (χ2n) is 3.95. The van der Waals surface area contributed by atoms with Gasteiger partial charge >= 0.3 is 0 Å². The van der Waals surface area contributed by atoms with Crippen LogP contribution in [0.15, 0.2) is 0 Å². The lowest BCUT2D eigenvalue weighted by Gasteiger charge is -2.23. The van der Waals surface area contributed by atoms with Crippen LogP contribution in [0.1, 0.15) is 6.42 Å². The van der Waals surface area contributed by atoms with Crippen molar-refractivity contribution in [1.82, 2.24) is 10.2 Å². The Morgan fingerprint density at radius 2 is 2.55 bits per heavy atom. The molecule has 1 N–H and O–H groups in total. The van der Waals surface area contributed by atoms with E-state index in [2.05, 4.69) is 17.3 Å². The van der Waals surface area contributed by atoms with Crippen molar-refractivity contribution < 1.29 is 4.39 Å². The van der Waals surface area contributed by atoms with Gasteiger partial charge in [0, 0.05) is 24.5 Å². The Kier molecular flexibility index (Phi) is 1.65. The topological polar surface area (TPSA) is 15.3 Å². The van der Waals surface area contributed by atoms with Crippen molar-refractivity contribution in [2.45, 2.75) is 12.5 Å². The molecule has 0 spiro atoms. The molecule has 0 aliphatic carbocycles. The lowest BCUT2D eigenvalue weighted by Crippen LogP contribution is -2.36. The third-order valence-corrected chi connectivity index (χ3v) is 3.10. The standard InChI is InChI=1S/C8H15FN2/c1-11-4-7-8(5-9,6-11)2-3-10-7/h7,10H,2-6H2,1H3. The van der Waals surface area contributed by atoms with Crippen molar-refractivity contribution in [2.24, 2.45) is 5.41 Å². The second-order valence-corrected chi connectivity index (χ2v) is 3.95. The predicted molar refractivity (Wildman–Crippen MR) is 42.3 cm³/mol. The molecule has 0 aromatic heterocycles. The van der Waals surface area contributed by atoms with Crippen LogP contribution < -0.4 is 5.32 Å². The first-order valence-electron chi connectivity index (χ1n) is 4.25. The minimum atomic E-state index is -0.158. The number of likely N-dealkylation sites (tertiary alicyclic amines) is 1. The van der Waals surface area contributed by atoms with Gasteiger partial charge in [-0.15, -0.1) is 0 Å². The van der Waals surface area contributed by atoms with Gasteiger partial charge in [-0.25, -0.2) is 0 Å². The number of fused-ring (bicyclic) bond motifs is 1. The SMILES string of the molecule is CN1CC2NCCC2(CF)C1. The predicted octanol–water partition coefficient (Wildman–Crippen LogP) is 0.250. The van der Waals surface area contributed by atoms with Gasteiger partial charge in [-0.3, -0.25) is 4.39 Å². The number of likely N-dealkylation sites (N-methyl/N-ethyl adjacent to an activating group) is 1. The van der Waals surface area contributed by atoms with Crippen LogP contribution in [-0.4, -0.2) is 44.3 Å². The lowest BCUT2D eigenvalue weighted by molar-refractivity contribution is 0.208. The van der Waals surface area contributed by atoms with Crippen molar-refractivity contribution in [3.05, 3.63) is 0 Å². The van der Waals surface area contributed by atoms with E-state index >= 15 is 0 Å². The first-order chi connectivity index (χ1) is 5.27. The molecule has 11 heavy (non-hydrogen) atoms. The Morgan fingerprint density at radius 3 is 3.18 bits per heavy atom. The van der Waals surface area contributed by atoms with Crippen molar-refractivity contribution in [3.8, 4) is 0 Å². The number of rotatable bonds is 1. The molecule has 2 saturated heterocycles. The molecule has 0 amide bonds. The molecule has 0 radical (unpaired) electrons. The smallest absolute Gasteiger partial charge is 0.0978 e. The van der Waals surface area contributed by atoms with Crippen LogP contribution in [-0.2, 0) is 0 Å². The maximum absolute atomic E-state index is 12.8. The van der Waals surface area contributed by atoms with Gasteiger partial charge in [-0.1, -0.05) is 0 Å². The summed E-state index contributed by atoms with van der Waals surface area (Å²) in [5.74, 6) is 0. The first kappa shape index (κ1) is 7.50. The summed E-state index contributed by atoms with van der Waals surface area (Å²) in [4.78, 5) is 2.22. The van der Waals surface area contributed by atoms with E-state index in [9.17, 15) is 4.39 Å². The second kappa shape index (κ2) is 2.42. The molecular weight excluding hydrogens is 143 g/mol. The summed E-state index contributed by atoms with van der Waals surface area (Å²) < 4.78 is 12.8. The van der Waals surface area contributed by atoms with Crippen LogP contribution >= 0.6 is 0 Å². The van der Waals surface area contributed by atoms with Crippen LogP contribution in [0, 0.1) is 5.41 Å². The van der Waals surface area contributed by atoms with Gasteiger partial charge in [0.2, 0.25) is 0 Å². The van der Waals surface area contributed by atoms with Gasteiger partial charge in [0.25, 0.3) is 0 Å². The summed E-state index contributed by atoms with van der Waals surface area (Å²) in [6.45, 7) is 2.79. The highest BCUT2D eigenvalue weighted by Crippen LogP contribution is 2.37. The summed E-state index contributed by atoms with van der Waals surface area (Å²) >= 11 is 0. The summed E-state index contributed by atoms with van der Waals surface area (Å²) in [5.41, 5.74) is -0.0330.